The molecule has 1 aromatic heterocycles. The van der Waals surface area contributed by atoms with Crippen molar-refractivity contribution in [2.45, 2.75) is 40.0 Å². The van der Waals surface area contributed by atoms with Gasteiger partial charge in [-0.25, -0.2) is 4.39 Å². The van der Waals surface area contributed by atoms with Crippen LogP contribution in [0.3, 0.4) is 0 Å². The summed E-state index contributed by atoms with van der Waals surface area (Å²) in [6.07, 6.45) is 0.412. The molecule has 0 aliphatic heterocycles. The van der Waals surface area contributed by atoms with E-state index in [2.05, 4.69) is 9.51 Å². The van der Waals surface area contributed by atoms with Gasteiger partial charge in [0.25, 0.3) is 0 Å². The first-order valence-electron chi connectivity index (χ1n) is 8.16. The molecule has 1 aromatic carbocycles. The van der Waals surface area contributed by atoms with Crippen molar-refractivity contribution in [3.8, 4) is 11.5 Å². The van der Waals surface area contributed by atoms with Gasteiger partial charge in [-0.1, -0.05) is 13.8 Å². The summed E-state index contributed by atoms with van der Waals surface area (Å²) in [5, 5.41) is 9.89. The quantitative estimate of drug-likeness (QED) is 0.555. The predicted molar refractivity (Wildman–Crippen MR) is 96.5 cm³/mol. The van der Waals surface area contributed by atoms with E-state index < -0.39 is 20.9 Å². The zero-order valence-electron chi connectivity index (χ0n) is 15.2. The van der Waals surface area contributed by atoms with Gasteiger partial charge < -0.3 is 14.7 Å². The average Bonchev–Trinajstić information content (AvgIpc) is 2.57. The Morgan fingerprint density at radius 3 is 2.62 bits per heavy atom. The molecule has 0 spiro atoms. The second-order valence-electron chi connectivity index (χ2n) is 6.32. The predicted octanol–water partition coefficient (Wildman–Crippen LogP) is 3.99. The summed E-state index contributed by atoms with van der Waals surface area (Å²) in [6, 6.07) is 4.85. The highest BCUT2D eigenvalue weighted by atomic mass is 31.1. The van der Waals surface area contributed by atoms with Gasteiger partial charge in [-0.15, -0.1) is 0 Å². The summed E-state index contributed by atoms with van der Waals surface area (Å²) in [4.78, 5) is 13.1. The van der Waals surface area contributed by atoms with Gasteiger partial charge in [-0.3, -0.25) is 14.1 Å². The van der Waals surface area contributed by atoms with Crippen LogP contribution in [-0.4, -0.2) is 21.8 Å². The van der Waals surface area contributed by atoms with E-state index >= 15 is 0 Å². The highest BCUT2D eigenvalue weighted by molar-refractivity contribution is 7.32. The third-order valence-corrected chi connectivity index (χ3v) is 4.45. The molecule has 26 heavy (non-hydrogen) atoms. The molecule has 2 aromatic rings. The molecule has 2 N–H and O–H groups in total. The number of halogens is 1. The number of rotatable bonds is 7. The Balaban J connectivity index is 2.29. The molecule has 2 rings (SSSR count). The highest BCUT2D eigenvalue weighted by Crippen LogP contribution is 2.30. The highest BCUT2D eigenvalue weighted by Gasteiger charge is 2.16. The Hall–Kier alpha value is -1.95. The number of aryl methyl sites for hydroxylation is 1. The molecular formula is C18H23FNO5P. The van der Waals surface area contributed by atoms with E-state index in [1.54, 1.807) is 19.1 Å². The first-order valence-corrected chi connectivity index (χ1v) is 9.43. The lowest BCUT2D eigenvalue weighted by molar-refractivity contribution is 0.110. The smallest absolute Gasteiger partial charge is 0.319 e. The Kier molecular flexibility index (Phi) is 6.75. The number of pyridine rings is 1. The van der Waals surface area contributed by atoms with Crippen LogP contribution in [0.25, 0.3) is 0 Å². The third-order valence-electron chi connectivity index (χ3n) is 4.08. The Morgan fingerprint density at radius 1 is 1.31 bits per heavy atom. The van der Waals surface area contributed by atoms with Crippen molar-refractivity contribution in [3.63, 3.8) is 0 Å². The molecule has 8 heteroatoms. The summed E-state index contributed by atoms with van der Waals surface area (Å²) in [5.41, 5.74) is 3.33. The first kappa shape index (κ1) is 20.4. The second kappa shape index (κ2) is 8.62. The SMILES string of the molecule is Cc1cc(OCO[PH](=O)O)c(F)c(C)c1Cc1ccc(O)c(C(C)C)n1. The Morgan fingerprint density at radius 2 is 2.00 bits per heavy atom. The van der Waals surface area contributed by atoms with Crippen molar-refractivity contribution < 1.29 is 28.2 Å². The van der Waals surface area contributed by atoms with Crippen LogP contribution in [0.1, 0.15) is 47.8 Å². The number of hydrogen-bond donors (Lipinski definition) is 2. The van der Waals surface area contributed by atoms with E-state index in [9.17, 15) is 14.1 Å². The van der Waals surface area contributed by atoms with Crippen molar-refractivity contribution >= 4 is 8.25 Å². The van der Waals surface area contributed by atoms with Gasteiger partial charge in [0.2, 0.25) is 0 Å². The van der Waals surface area contributed by atoms with Crippen molar-refractivity contribution in [1.29, 1.82) is 0 Å². The van der Waals surface area contributed by atoms with Crippen LogP contribution < -0.4 is 4.74 Å². The van der Waals surface area contributed by atoms with E-state index in [0.29, 0.717) is 17.7 Å². The number of aromatic hydroxyl groups is 1. The minimum Gasteiger partial charge on any atom is -0.506 e. The molecule has 0 saturated carbocycles. The molecular weight excluding hydrogens is 360 g/mol. The number of nitrogens with zero attached hydrogens (tertiary/aromatic N) is 1. The molecule has 1 unspecified atom stereocenters. The topological polar surface area (TPSA) is 88.9 Å². The lowest BCUT2D eigenvalue weighted by Gasteiger charge is -2.16. The van der Waals surface area contributed by atoms with Crippen molar-refractivity contribution in [2.75, 3.05) is 6.79 Å². The molecule has 0 radical (unpaired) electrons. The molecule has 0 aliphatic carbocycles. The maximum absolute atomic E-state index is 14.6. The largest absolute Gasteiger partial charge is 0.506 e. The summed E-state index contributed by atoms with van der Waals surface area (Å²) >= 11 is 0. The van der Waals surface area contributed by atoms with Crippen molar-refractivity contribution in [3.05, 3.63) is 52.1 Å². The van der Waals surface area contributed by atoms with E-state index in [4.69, 9.17) is 9.63 Å². The van der Waals surface area contributed by atoms with Gasteiger partial charge >= 0.3 is 8.25 Å². The zero-order valence-corrected chi connectivity index (χ0v) is 16.2. The number of aromatic nitrogens is 1. The monoisotopic (exact) mass is 383 g/mol. The van der Waals surface area contributed by atoms with Gasteiger partial charge in [0, 0.05) is 12.1 Å². The van der Waals surface area contributed by atoms with Gasteiger partial charge in [0.1, 0.15) is 5.75 Å². The first-order chi connectivity index (χ1) is 12.2. The zero-order chi connectivity index (χ0) is 19.4. The maximum Gasteiger partial charge on any atom is 0.319 e. The third kappa shape index (κ3) is 4.81. The average molecular weight is 383 g/mol. The summed E-state index contributed by atoms with van der Waals surface area (Å²) in [5.74, 6) is -0.359. The fourth-order valence-corrected chi connectivity index (χ4v) is 2.85. The minimum atomic E-state index is -3.13. The van der Waals surface area contributed by atoms with E-state index in [1.165, 1.54) is 6.07 Å². The van der Waals surface area contributed by atoms with Gasteiger partial charge in [-0.2, -0.15) is 0 Å². The standard InChI is InChI=1S/C18H23FNO5P/c1-10(2)18-15(21)6-5-13(20-18)8-14-11(3)7-16(17(19)12(14)4)24-9-25-26(22)23/h5-7,10,21,26H,8-9H2,1-4H3,(H,22,23). The fourth-order valence-electron chi connectivity index (χ4n) is 2.69. The molecule has 1 heterocycles. The van der Waals surface area contributed by atoms with Gasteiger partial charge in [-0.05, 0) is 54.7 Å². The van der Waals surface area contributed by atoms with Gasteiger partial charge in [0.05, 0.1) is 5.69 Å². The minimum absolute atomic E-state index is 0.0338. The molecule has 0 bridgehead atoms. The number of ether oxygens (including phenoxy) is 1. The second-order valence-corrected chi connectivity index (χ2v) is 7.14. The van der Waals surface area contributed by atoms with Crippen LogP contribution >= 0.6 is 8.25 Å². The number of hydrogen-bond acceptors (Lipinski definition) is 5. The summed E-state index contributed by atoms with van der Waals surface area (Å²) in [6.45, 7) is 6.85. The molecule has 0 amide bonds. The van der Waals surface area contributed by atoms with Crippen LogP contribution in [0, 0.1) is 19.7 Å². The van der Waals surface area contributed by atoms with Crippen molar-refractivity contribution in [1.82, 2.24) is 4.98 Å². The lowest BCUT2D eigenvalue weighted by Crippen LogP contribution is -2.06. The maximum atomic E-state index is 14.6. The number of benzene rings is 1. The normalized spacial score (nSPS) is 12.4. The van der Waals surface area contributed by atoms with Crippen molar-refractivity contribution in [2.24, 2.45) is 0 Å². The summed E-state index contributed by atoms with van der Waals surface area (Å²) in [7, 11) is -3.13. The summed E-state index contributed by atoms with van der Waals surface area (Å²) < 4.78 is 34.6. The molecule has 0 saturated heterocycles. The van der Waals surface area contributed by atoms with E-state index in [0.717, 1.165) is 16.8 Å². The van der Waals surface area contributed by atoms with Crippen LogP contribution in [0.4, 0.5) is 4.39 Å². The molecule has 0 aliphatic rings. The van der Waals surface area contributed by atoms with Crippen LogP contribution in [0.2, 0.25) is 0 Å². The lowest BCUT2D eigenvalue weighted by atomic mass is 9.96. The van der Waals surface area contributed by atoms with Crippen LogP contribution in [-0.2, 0) is 15.5 Å². The van der Waals surface area contributed by atoms with Crippen LogP contribution in [0.15, 0.2) is 18.2 Å². The molecule has 142 valence electrons. The van der Waals surface area contributed by atoms with E-state index in [-0.39, 0.29) is 17.4 Å². The van der Waals surface area contributed by atoms with E-state index in [1.807, 2.05) is 20.8 Å². The fraction of sp³-hybridized carbons (Fsp3) is 0.389. The van der Waals surface area contributed by atoms with Crippen LogP contribution in [0.5, 0.6) is 11.5 Å². The Labute approximate surface area is 152 Å². The molecule has 1 atom stereocenters. The van der Waals surface area contributed by atoms with Gasteiger partial charge in [0.15, 0.2) is 18.4 Å². The molecule has 6 nitrogen and oxygen atoms in total. The Bertz CT molecular complexity index is 826. The molecule has 0 fully saturated rings.